The van der Waals surface area contributed by atoms with Gasteiger partial charge in [-0.1, -0.05) is 41.5 Å². The van der Waals surface area contributed by atoms with Crippen LogP contribution in [0.4, 0.5) is 13.2 Å². The number of piperidine rings is 1. The molecular weight excluding hydrogens is 239 g/mol. The minimum absolute atomic E-state index is 0.600. The standard InChI is InChI=1S/C10H18F3N.2C2H6/c1-8(2)9-3-5-14(6-4-9)7-10(11,12)13;2*1-2/h8-9H,3-7H2,1-2H3;2*1-2H3. The molecule has 1 heterocycles. The highest BCUT2D eigenvalue weighted by Crippen LogP contribution is 2.26. The molecule has 0 aromatic carbocycles. The third-order valence-electron chi connectivity index (χ3n) is 2.98. The molecule has 1 aliphatic rings. The first-order valence-corrected chi connectivity index (χ1v) is 7.17. The molecule has 112 valence electrons. The van der Waals surface area contributed by atoms with Crippen molar-refractivity contribution in [1.29, 1.82) is 0 Å². The Kier molecular flexibility index (Phi) is 11.9. The predicted molar refractivity (Wildman–Crippen MR) is 72.8 cm³/mol. The van der Waals surface area contributed by atoms with Gasteiger partial charge in [-0.05, 0) is 37.8 Å². The van der Waals surface area contributed by atoms with Crippen molar-refractivity contribution in [2.45, 2.75) is 60.6 Å². The molecule has 1 saturated heterocycles. The Morgan fingerprint density at radius 3 is 1.67 bits per heavy atom. The van der Waals surface area contributed by atoms with Gasteiger partial charge in [0, 0.05) is 0 Å². The van der Waals surface area contributed by atoms with E-state index < -0.39 is 12.7 Å². The molecule has 1 nitrogen and oxygen atoms in total. The lowest BCUT2D eigenvalue weighted by Crippen LogP contribution is -2.40. The van der Waals surface area contributed by atoms with Gasteiger partial charge in [0.1, 0.15) is 0 Å². The van der Waals surface area contributed by atoms with E-state index >= 15 is 0 Å². The highest BCUT2D eigenvalue weighted by atomic mass is 19.4. The second-order valence-electron chi connectivity index (χ2n) is 4.47. The quantitative estimate of drug-likeness (QED) is 0.684. The molecule has 0 amide bonds. The summed E-state index contributed by atoms with van der Waals surface area (Å²) in [5, 5.41) is 0. The van der Waals surface area contributed by atoms with Crippen LogP contribution in [0.1, 0.15) is 54.4 Å². The van der Waals surface area contributed by atoms with Crippen LogP contribution in [0, 0.1) is 11.8 Å². The Bertz CT molecular complexity index is 170. The molecular formula is C14H30F3N. The second-order valence-corrected chi connectivity index (χ2v) is 4.47. The van der Waals surface area contributed by atoms with Gasteiger partial charge in [-0.25, -0.2) is 0 Å². The molecule has 18 heavy (non-hydrogen) atoms. The van der Waals surface area contributed by atoms with Crippen LogP contribution >= 0.6 is 0 Å². The molecule has 0 spiro atoms. The second kappa shape index (κ2) is 10.7. The van der Waals surface area contributed by atoms with Crippen molar-refractivity contribution in [3.05, 3.63) is 0 Å². The molecule has 0 atom stereocenters. The van der Waals surface area contributed by atoms with Gasteiger partial charge in [0.25, 0.3) is 0 Å². The van der Waals surface area contributed by atoms with Gasteiger partial charge < -0.3 is 0 Å². The summed E-state index contributed by atoms with van der Waals surface area (Å²) in [5.41, 5.74) is 0. The fraction of sp³-hybridized carbons (Fsp3) is 1.00. The average molecular weight is 269 g/mol. The summed E-state index contributed by atoms with van der Waals surface area (Å²) in [6, 6.07) is 0. The smallest absolute Gasteiger partial charge is 0.295 e. The van der Waals surface area contributed by atoms with Gasteiger partial charge in [-0.15, -0.1) is 0 Å². The molecule has 0 radical (unpaired) electrons. The SMILES string of the molecule is CC.CC.CC(C)C1CCN(CC(F)(F)F)CC1. The maximum absolute atomic E-state index is 12.1. The maximum atomic E-state index is 12.1. The van der Waals surface area contributed by atoms with Crippen molar-refractivity contribution in [1.82, 2.24) is 4.90 Å². The summed E-state index contributed by atoms with van der Waals surface area (Å²) in [7, 11) is 0. The summed E-state index contributed by atoms with van der Waals surface area (Å²) in [4.78, 5) is 1.51. The number of nitrogens with zero attached hydrogens (tertiary/aromatic N) is 1. The number of hydrogen-bond acceptors (Lipinski definition) is 1. The Balaban J connectivity index is 0. The lowest BCUT2D eigenvalue weighted by Gasteiger charge is -2.34. The Morgan fingerprint density at radius 2 is 1.39 bits per heavy atom. The van der Waals surface area contributed by atoms with E-state index in [4.69, 9.17) is 0 Å². The van der Waals surface area contributed by atoms with E-state index in [9.17, 15) is 13.2 Å². The van der Waals surface area contributed by atoms with Gasteiger partial charge in [-0.3, -0.25) is 4.90 Å². The molecule has 1 fully saturated rings. The Labute approximate surface area is 111 Å². The Hall–Kier alpha value is -0.250. The zero-order valence-corrected chi connectivity index (χ0v) is 12.8. The highest BCUT2D eigenvalue weighted by molar-refractivity contribution is 4.75. The molecule has 0 bridgehead atoms. The fourth-order valence-corrected chi connectivity index (χ4v) is 2.03. The van der Waals surface area contributed by atoms with E-state index in [1.807, 2.05) is 27.7 Å². The molecule has 1 rings (SSSR count). The summed E-state index contributed by atoms with van der Waals surface area (Å²) >= 11 is 0. The van der Waals surface area contributed by atoms with Crippen LogP contribution < -0.4 is 0 Å². The van der Waals surface area contributed by atoms with E-state index in [1.54, 1.807) is 0 Å². The average Bonchev–Trinajstić information content (AvgIpc) is 2.33. The molecule has 0 aliphatic carbocycles. The highest BCUT2D eigenvalue weighted by Gasteiger charge is 2.32. The predicted octanol–water partition coefficient (Wildman–Crippen LogP) is 4.97. The monoisotopic (exact) mass is 269 g/mol. The van der Waals surface area contributed by atoms with E-state index in [-0.39, 0.29) is 0 Å². The first kappa shape index (κ1) is 20.1. The van der Waals surface area contributed by atoms with Gasteiger partial charge in [0.2, 0.25) is 0 Å². The van der Waals surface area contributed by atoms with E-state index in [2.05, 4.69) is 13.8 Å². The maximum Gasteiger partial charge on any atom is 0.401 e. The molecule has 0 aromatic heterocycles. The van der Waals surface area contributed by atoms with Crippen LogP contribution in [0.5, 0.6) is 0 Å². The molecule has 0 aromatic rings. The fourth-order valence-electron chi connectivity index (χ4n) is 2.03. The van der Waals surface area contributed by atoms with Crippen LogP contribution in [-0.4, -0.2) is 30.7 Å². The van der Waals surface area contributed by atoms with Crippen molar-refractivity contribution in [2.24, 2.45) is 11.8 Å². The van der Waals surface area contributed by atoms with Crippen molar-refractivity contribution >= 4 is 0 Å². The number of hydrogen-bond donors (Lipinski definition) is 0. The van der Waals surface area contributed by atoms with Crippen LogP contribution in [0.2, 0.25) is 0 Å². The van der Waals surface area contributed by atoms with Crippen LogP contribution in [0.3, 0.4) is 0 Å². The topological polar surface area (TPSA) is 3.24 Å². The molecule has 0 saturated carbocycles. The molecule has 0 N–H and O–H groups in total. The minimum Gasteiger partial charge on any atom is -0.295 e. The summed E-state index contributed by atoms with van der Waals surface area (Å²) in [6.45, 7) is 12.7. The van der Waals surface area contributed by atoms with Crippen molar-refractivity contribution < 1.29 is 13.2 Å². The van der Waals surface area contributed by atoms with Gasteiger partial charge in [0.15, 0.2) is 0 Å². The first-order valence-electron chi connectivity index (χ1n) is 7.17. The third kappa shape index (κ3) is 9.75. The first-order chi connectivity index (χ1) is 8.38. The summed E-state index contributed by atoms with van der Waals surface area (Å²) < 4.78 is 36.2. The van der Waals surface area contributed by atoms with E-state index in [0.29, 0.717) is 24.9 Å². The number of halogens is 3. The number of likely N-dealkylation sites (tertiary alicyclic amines) is 1. The van der Waals surface area contributed by atoms with Gasteiger partial charge in [-0.2, -0.15) is 13.2 Å². The summed E-state index contributed by atoms with van der Waals surface area (Å²) in [5.74, 6) is 1.21. The number of alkyl halides is 3. The van der Waals surface area contributed by atoms with E-state index in [0.717, 1.165) is 12.8 Å². The van der Waals surface area contributed by atoms with E-state index in [1.165, 1.54) is 4.90 Å². The zero-order valence-electron chi connectivity index (χ0n) is 12.8. The Morgan fingerprint density at radius 1 is 1.00 bits per heavy atom. The van der Waals surface area contributed by atoms with Crippen LogP contribution in [0.25, 0.3) is 0 Å². The van der Waals surface area contributed by atoms with Gasteiger partial charge >= 0.3 is 6.18 Å². The minimum atomic E-state index is -4.04. The van der Waals surface area contributed by atoms with Crippen LogP contribution in [0.15, 0.2) is 0 Å². The molecule has 0 unspecified atom stereocenters. The summed E-state index contributed by atoms with van der Waals surface area (Å²) in [6.07, 6.45) is -2.22. The van der Waals surface area contributed by atoms with Crippen LogP contribution in [-0.2, 0) is 0 Å². The van der Waals surface area contributed by atoms with Crippen molar-refractivity contribution in [3.8, 4) is 0 Å². The molecule has 1 aliphatic heterocycles. The van der Waals surface area contributed by atoms with Gasteiger partial charge in [0.05, 0.1) is 6.54 Å². The largest absolute Gasteiger partial charge is 0.401 e. The lowest BCUT2D eigenvalue weighted by atomic mass is 9.87. The normalized spacial score (nSPS) is 17.7. The van der Waals surface area contributed by atoms with Crippen molar-refractivity contribution in [2.75, 3.05) is 19.6 Å². The number of rotatable bonds is 2. The van der Waals surface area contributed by atoms with Crippen molar-refractivity contribution in [3.63, 3.8) is 0 Å². The zero-order chi connectivity index (χ0) is 14.8. The lowest BCUT2D eigenvalue weighted by molar-refractivity contribution is -0.149. The third-order valence-corrected chi connectivity index (χ3v) is 2.98. The molecule has 4 heteroatoms.